The van der Waals surface area contributed by atoms with Gasteiger partial charge < -0.3 is 29.7 Å². The summed E-state index contributed by atoms with van der Waals surface area (Å²) in [6, 6.07) is 13.5. The first-order chi connectivity index (χ1) is 14.2. The smallest absolute Gasteiger partial charge is 0.194 e. The Kier molecular flexibility index (Phi) is 9.35. The van der Waals surface area contributed by atoms with Crippen molar-refractivity contribution in [2.24, 2.45) is 4.99 Å². The van der Waals surface area contributed by atoms with Crippen molar-refractivity contribution in [1.29, 1.82) is 0 Å². The number of piperazine rings is 1. The molecular weight excluding hydrogens is 495 g/mol. The molecule has 7 nitrogen and oxygen atoms in total. The minimum absolute atomic E-state index is 0. The maximum Gasteiger partial charge on any atom is 0.194 e. The molecule has 0 atom stereocenters. The van der Waals surface area contributed by atoms with E-state index in [1.54, 1.807) is 26.4 Å². The van der Waals surface area contributed by atoms with Crippen molar-refractivity contribution in [3.05, 3.63) is 48.0 Å². The minimum atomic E-state index is 0. The van der Waals surface area contributed by atoms with Gasteiger partial charge in [0.15, 0.2) is 17.5 Å². The molecule has 1 aliphatic rings. The highest BCUT2D eigenvalue weighted by atomic mass is 127. The Morgan fingerprint density at radius 1 is 1.03 bits per heavy atom. The van der Waals surface area contributed by atoms with Crippen LogP contribution in [0.4, 0.5) is 5.69 Å². The van der Waals surface area contributed by atoms with Crippen LogP contribution in [0.3, 0.4) is 0 Å². The molecule has 2 aromatic rings. The first kappa shape index (κ1) is 23.9. The SMILES string of the molecule is CCNC(=NCc1ccc(OC)c(O)c1)N1CCN(c2ccccc2OC)CC1.I. The van der Waals surface area contributed by atoms with Gasteiger partial charge in [0.25, 0.3) is 0 Å². The summed E-state index contributed by atoms with van der Waals surface area (Å²) in [5, 5.41) is 13.4. The van der Waals surface area contributed by atoms with Crippen molar-refractivity contribution in [2.75, 3.05) is 51.8 Å². The van der Waals surface area contributed by atoms with Crippen LogP contribution >= 0.6 is 24.0 Å². The maximum atomic E-state index is 9.97. The summed E-state index contributed by atoms with van der Waals surface area (Å²) in [6.07, 6.45) is 0. The number of anilines is 1. The maximum absolute atomic E-state index is 9.97. The van der Waals surface area contributed by atoms with E-state index in [9.17, 15) is 5.11 Å². The molecule has 1 heterocycles. The van der Waals surface area contributed by atoms with Crippen LogP contribution < -0.4 is 19.7 Å². The number of nitrogens with zero attached hydrogens (tertiary/aromatic N) is 3. The molecule has 2 aromatic carbocycles. The topological polar surface area (TPSA) is 69.6 Å². The molecule has 0 aromatic heterocycles. The third-order valence-electron chi connectivity index (χ3n) is 4.99. The number of rotatable bonds is 6. The number of para-hydroxylation sites is 2. The van der Waals surface area contributed by atoms with E-state index < -0.39 is 0 Å². The van der Waals surface area contributed by atoms with Crippen LogP contribution in [0, 0.1) is 0 Å². The van der Waals surface area contributed by atoms with Gasteiger partial charge in [-0.05, 0) is 36.8 Å². The van der Waals surface area contributed by atoms with E-state index in [1.165, 1.54) is 0 Å². The van der Waals surface area contributed by atoms with E-state index >= 15 is 0 Å². The second-order valence-electron chi connectivity index (χ2n) is 6.82. The number of phenols is 1. The molecule has 2 N–H and O–H groups in total. The first-order valence-corrected chi connectivity index (χ1v) is 9.93. The zero-order chi connectivity index (χ0) is 20.6. The van der Waals surface area contributed by atoms with Gasteiger partial charge in [-0.1, -0.05) is 18.2 Å². The van der Waals surface area contributed by atoms with Crippen LogP contribution in [-0.2, 0) is 6.54 Å². The van der Waals surface area contributed by atoms with Crippen molar-refractivity contribution in [3.8, 4) is 17.2 Å². The Hall–Kier alpha value is -2.36. The van der Waals surface area contributed by atoms with E-state index in [-0.39, 0.29) is 29.7 Å². The Morgan fingerprint density at radius 3 is 2.37 bits per heavy atom. The van der Waals surface area contributed by atoms with Crippen molar-refractivity contribution < 1.29 is 14.6 Å². The molecule has 1 aliphatic heterocycles. The number of hydrogen-bond donors (Lipinski definition) is 2. The average molecular weight is 526 g/mol. The number of aliphatic imine (C=N–C) groups is 1. The van der Waals surface area contributed by atoms with Gasteiger partial charge in [0.2, 0.25) is 0 Å². The standard InChI is InChI=1S/C22H30N4O3.HI/c1-4-23-22(24-16-17-9-10-21(29-3)19(27)15-17)26-13-11-25(12-14-26)18-7-5-6-8-20(18)28-2;/h5-10,15,27H,4,11-14,16H2,1-3H3,(H,23,24);1H. The lowest BCUT2D eigenvalue weighted by Gasteiger charge is -2.38. The summed E-state index contributed by atoms with van der Waals surface area (Å²) in [7, 11) is 3.25. The number of guanidine groups is 1. The van der Waals surface area contributed by atoms with Crippen LogP contribution in [0.25, 0.3) is 0 Å². The number of ether oxygens (including phenoxy) is 2. The van der Waals surface area contributed by atoms with Crippen LogP contribution in [0.1, 0.15) is 12.5 Å². The van der Waals surface area contributed by atoms with Gasteiger partial charge in [-0.25, -0.2) is 4.99 Å². The van der Waals surface area contributed by atoms with Gasteiger partial charge in [0.05, 0.1) is 26.5 Å². The molecule has 0 aliphatic carbocycles. The summed E-state index contributed by atoms with van der Waals surface area (Å²) < 4.78 is 10.6. The van der Waals surface area contributed by atoms with Gasteiger partial charge in [-0.15, -0.1) is 24.0 Å². The lowest BCUT2D eigenvalue weighted by atomic mass is 10.2. The second kappa shape index (κ2) is 11.7. The summed E-state index contributed by atoms with van der Waals surface area (Å²) in [6.45, 7) is 6.91. The van der Waals surface area contributed by atoms with E-state index in [4.69, 9.17) is 14.5 Å². The Balaban J connectivity index is 0.00000320. The summed E-state index contributed by atoms with van der Waals surface area (Å²) in [5.74, 6) is 2.40. The Bertz CT molecular complexity index is 839. The number of benzene rings is 2. The monoisotopic (exact) mass is 526 g/mol. The number of nitrogens with one attached hydrogen (secondary N) is 1. The van der Waals surface area contributed by atoms with Crippen LogP contribution in [-0.4, -0.2) is 62.9 Å². The fourth-order valence-electron chi connectivity index (χ4n) is 3.48. The molecule has 8 heteroatoms. The van der Waals surface area contributed by atoms with Gasteiger partial charge in [-0.2, -0.15) is 0 Å². The third kappa shape index (κ3) is 5.84. The number of hydrogen-bond acceptors (Lipinski definition) is 5. The van der Waals surface area contributed by atoms with Crippen molar-refractivity contribution >= 4 is 35.6 Å². The van der Waals surface area contributed by atoms with Crippen LogP contribution in [0.2, 0.25) is 0 Å². The third-order valence-corrected chi connectivity index (χ3v) is 4.99. The van der Waals surface area contributed by atoms with Gasteiger partial charge in [-0.3, -0.25) is 0 Å². The molecule has 1 saturated heterocycles. The number of halogens is 1. The molecule has 164 valence electrons. The van der Waals surface area contributed by atoms with Crippen LogP contribution in [0.5, 0.6) is 17.2 Å². The number of aromatic hydroxyl groups is 1. The highest BCUT2D eigenvalue weighted by molar-refractivity contribution is 14.0. The Labute approximate surface area is 195 Å². The highest BCUT2D eigenvalue weighted by Crippen LogP contribution is 2.28. The molecule has 3 rings (SSSR count). The van der Waals surface area contributed by atoms with Crippen molar-refractivity contribution in [2.45, 2.75) is 13.5 Å². The quantitative estimate of drug-likeness (QED) is 0.342. The molecule has 0 unspecified atom stereocenters. The predicted octanol–water partition coefficient (Wildman–Crippen LogP) is 3.32. The van der Waals surface area contributed by atoms with E-state index in [0.29, 0.717) is 12.3 Å². The van der Waals surface area contributed by atoms with Gasteiger partial charge >= 0.3 is 0 Å². The molecule has 0 saturated carbocycles. The van der Waals surface area contributed by atoms with Crippen molar-refractivity contribution in [1.82, 2.24) is 10.2 Å². The lowest BCUT2D eigenvalue weighted by Crippen LogP contribution is -2.52. The average Bonchev–Trinajstić information content (AvgIpc) is 2.77. The van der Waals surface area contributed by atoms with Crippen molar-refractivity contribution in [3.63, 3.8) is 0 Å². The summed E-state index contributed by atoms with van der Waals surface area (Å²) in [4.78, 5) is 9.40. The van der Waals surface area contributed by atoms with Crippen LogP contribution in [0.15, 0.2) is 47.5 Å². The Morgan fingerprint density at radius 2 is 1.73 bits per heavy atom. The minimum Gasteiger partial charge on any atom is -0.504 e. The molecular formula is C22H31IN4O3. The van der Waals surface area contributed by atoms with Gasteiger partial charge in [0.1, 0.15) is 5.75 Å². The zero-order valence-electron chi connectivity index (χ0n) is 17.8. The molecule has 1 fully saturated rings. The van der Waals surface area contributed by atoms with E-state index in [2.05, 4.69) is 28.1 Å². The normalized spacial score (nSPS) is 14.2. The summed E-state index contributed by atoms with van der Waals surface area (Å²) >= 11 is 0. The largest absolute Gasteiger partial charge is 0.504 e. The van der Waals surface area contributed by atoms with E-state index in [0.717, 1.165) is 55.7 Å². The molecule has 0 amide bonds. The number of phenolic OH excluding ortho intramolecular Hbond substituents is 1. The molecule has 0 bridgehead atoms. The lowest BCUT2D eigenvalue weighted by molar-refractivity contribution is 0.367. The zero-order valence-corrected chi connectivity index (χ0v) is 20.1. The fourth-order valence-corrected chi connectivity index (χ4v) is 3.48. The van der Waals surface area contributed by atoms with E-state index in [1.807, 2.05) is 24.3 Å². The van der Waals surface area contributed by atoms with Gasteiger partial charge in [0, 0.05) is 32.7 Å². The fraction of sp³-hybridized carbons (Fsp3) is 0.409. The molecule has 30 heavy (non-hydrogen) atoms. The number of methoxy groups -OCH3 is 2. The molecule has 0 radical (unpaired) electrons. The highest BCUT2D eigenvalue weighted by Gasteiger charge is 2.21. The second-order valence-corrected chi connectivity index (χ2v) is 6.82. The first-order valence-electron chi connectivity index (χ1n) is 9.93. The predicted molar refractivity (Wildman–Crippen MR) is 132 cm³/mol. The molecule has 0 spiro atoms. The summed E-state index contributed by atoms with van der Waals surface area (Å²) in [5.41, 5.74) is 2.07.